The fourth-order valence-electron chi connectivity index (χ4n) is 3.26. The van der Waals surface area contributed by atoms with Crippen molar-refractivity contribution < 1.29 is 18.8 Å². The third-order valence-corrected chi connectivity index (χ3v) is 4.70. The molecule has 0 spiro atoms. The van der Waals surface area contributed by atoms with E-state index < -0.39 is 5.92 Å². The molecule has 2 N–H and O–H groups in total. The molecule has 0 bridgehead atoms. The van der Waals surface area contributed by atoms with Gasteiger partial charge in [-0.25, -0.2) is 0 Å². The van der Waals surface area contributed by atoms with Gasteiger partial charge in [0, 0.05) is 24.2 Å². The number of carbonyl (C=O) groups excluding carboxylic acids is 2. The molecule has 2 amide bonds. The SMILES string of the molecule is COc1ccc2c(c1)C(C(=O)NCCCc1c(C)noc1C)CC(=O)N2. The number of ether oxygens (including phenoxy) is 1. The summed E-state index contributed by atoms with van der Waals surface area (Å²) in [7, 11) is 1.58. The summed E-state index contributed by atoms with van der Waals surface area (Å²) in [6.07, 6.45) is 1.70. The molecule has 7 heteroatoms. The van der Waals surface area contributed by atoms with Crippen LogP contribution in [0.1, 0.15) is 41.3 Å². The van der Waals surface area contributed by atoms with E-state index in [0.29, 0.717) is 18.0 Å². The lowest BCUT2D eigenvalue weighted by molar-refractivity contribution is -0.126. The van der Waals surface area contributed by atoms with Gasteiger partial charge in [-0.2, -0.15) is 0 Å². The number of fused-ring (bicyclic) bond motifs is 1. The minimum atomic E-state index is -0.507. The molecule has 138 valence electrons. The van der Waals surface area contributed by atoms with E-state index in [4.69, 9.17) is 9.26 Å². The van der Waals surface area contributed by atoms with Crippen molar-refractivity contribution in [1.82, 2.24) is 10.5 Å². The zero-order valence-corrected chi connectivity index (χ0v) is 15.2. The van der Waals surface area contributed by atoms with Gasteiger partial charge in [0.1, 0.15) is 11.5 Å². The fraction of sp³-hybridized carbons (Fsp3) is 0.421. The zero-order chi connectivity index (χ0) is 18.7. The number of nitrogens with zero attached hydrogens (tertiary/aromatic N) is 1. The summed E-state index contributed by atoms with van der Waals surface area (Å²) >= 11 is 0. The van der Waals surface area contributed by atoms with Gasteiger partial charge in [0.2, 0.25) is 11.8 Å². The molecule has 1 aliphatic heterocycles. The molecule has 3 rings (SSSR count). The molecular weight excluding hydrogens is 334 g/mol. The maximum atomic E-state index is 12.6. The summed E-state index contributed by atoms with van der Waals surface area (Å²) in [5.41, 5.74) is 3.43. The van der Waals surface area contributed by atoms with Crippen molar-refractivity contribution in [2.24, 2.45) is 0 Å². The predicted molar refractivity (Wildman–Crippen MR) is 96.3 cm³/mol. The second-order valence-corrected chi connectivity index (χ2v) is 6.46. The van der Waals surface area contributed by atoms with Crippen LogP contribution in [0, 0.1) is 13.8 Å². The molecule has 1 atom stereocenters. The van der Waals surface area contributed by atoms with Gasteiger partial charge in [-0.15, -0.1) is 0 Å². The monoisotopic (exact) mass is 357 g/mol. The lowest BCUT2D eigenvalue weighted by Gasteiger charge is -2.25. The van der Waals surface area contributed by atoms with Crippen LogP contribution in [0.5, 0.6) is 5.75 Å². The number of anilines is 1. The molecular formula is C19H23N3O4. The average Bonchev–Trinajstić information content (AvgIpc) is 2.95. The van der Waals surface area contributed by atoms with Gasteiger partial charge in [-0.05, 0) is 50.5 Å². The summed E-state index contributed by atoms with van der Waals surface area (Å²) in [4.78, 5) is 24.6. The number of amides is 2. The van der Waals surface area contributed by atoms with E-state index in [1.54, 1.807) is 19.2 Å². The highest BCUT2D eigenvalue weighted by molar-refractivity contribution is 6.01. The summed E-state index contributed by atoms with van der Waals surface area (Å²) < 4.78 is 10.4. The average molecular weight is 357 g/mol. The number of carbonyl (C=O) groups is 2. The normalized spacial score (nSPS) is 16.0. The van der Waals surface area contributed by atoms with Crippen LogP contribution in [-0.4, -0.2) is 30.6 Å². The topological polar surface area (TPSA) is 93.5 Å². The Morgan fingerprint density at radius 2 is 2.23 bits per heavy atom. The second-order valence-electron chi connectivity index (χ2n) is 6.46. The number of aromatic nitrogens is 1. The summed E-state index contributed by atoms with van der Waals surface area (Å²) in [5, 5.41) is 9.68. The first-order chi connectivity index (χ1) is 12.5. The van der Waals surface area contributed by atoms with Gasteiger partial charge in [0.25, 0.3) is 0 Å². The summed E-state index contributed by atoms with van der Waals surface area (Å²) in [6.45, 7) is 4.33. The lowest BCUT2D eigenvalue weighted by Crippen LogP contribution is -2.35. The number of hydrogen-bond acceptors (Lipinski definition) is 5. The molecule has 1 aliphatic rings. The molecule has 0 fully saturated rings. The molecule has 26 heavy (non-hydrogen) atoms. The lowest BCUT2D eigenvalue weighted by atomic mass is 9.89. The van der Waals surface area contributed by atoms with Crippen LogP contribution < -0.4 is 15.4 Å². The highest BCUT2D eigenvalue weighted by Gasteiger charge is 2.30. The van der Waals surface area contributed by atoms with E-state index in [2.05, 4.69) is 15.8 Å². The van der Waals surface area contributed by atoms with Gasteiger partial charge in [-0.1, -0.05) is 5.16 Å². The Morgan fingerprint density at radius 1 is 1.42 bits per heavy atom. The number of benzene rings is 1. The van der Waals surface area contributed by atoms with E-state index in [0.717, 1.165) is 35.4 Å². The highest BCUT2D eigenvalue weighted by Crippen LogP contribution is 2.35. The van der Waals surface area contributed by atoms with Gasteiger partial charge in [0.05, 0.1) is 18.7 Å². The Morgan fingerprint density at radius 3 is 2.92 bits per heavy atom. The Kier molecular flexibility index (Phi) is 5.25. The Bertz CT molecular complexity index is 809. The minimum absolute atomic E-state index is 0.135. The van der Waals surface area contributed by atoms with Crippen LogP contribution in [0.3, 0.4) is 0 Å². The Balaban J connectivity index is 1.62. The van der Waals surface area contributed by atoms with Crippen LogP contribution in [0.4, 0.5) is 5.69 Å². The standard InChI is InChI=1S/C19H23N3O4/c1-11-14(12(2)26-22-11)5-4-8-20-19(24)16-10-18(23)21-17-7-6-13(25-3)9-15(16)17/h6-7,9,16H,4-5,8,10H2,1-3H3,(H,20,24)(H,21,23). The van der Waals surface area contributed by atoms with Gasteiger partial charge in [0.15, 0.2) is 0 Å². The van der Waals surface area contributed by atoms with E-state index in [-0.39, 0.29) is 18.2 Å². The molecule has 1 aromatic heterocycles. The van der Waals surface area contributed by atoms with Gasteiger partial charge in [-0.3, -0.25) is 9.59 Å². The third-order valence-electron chi connectivity index (χ3n) is 4.70. The first-order valence-corrected chi connectivity index (χ1v) is 8.67. The number of nitrogens with one attached hydrogen (secondary N) is 2. The Hall–Kier alpha value is -2.83. The van der Waals surface area contributed by atoms with Crippen LogP contribution in [-0.2, 0) is 16.0 Å². The molecule has 1 aromatic carbocycles. The largest absolute Gasteiger partial charge is 0.497 e. The van der Waals surface area contributed by atoms with E-state index >= 15 is 0 Å². The van der Waals surface area contributed by atoms with Crippen molar-refractivity contribution in [2.45, 2.75) is 39.0 Å². The van der Waals surface area contributed by atoms with Crippen LogP contribution in [0.25, 0.3) is 0 Å². The van der Waals surface area contributed by atoms with Crippen molar-refractivity contribution in [2.75, 3.05) is 19.0 Å². The molecule has 2 heterocycles. The molecule has 0 saturated heterocycles. The molecule has 2 aromatic rings. The quantitative estimate of drug-likeness (QED) is 0.775. The first kappa shape index (κ1) is 18.0. The number of aryl methyl sites for hydroxylation is 2. The van der Waals surface area contributed by atoms with Crippen molar-refractivity contribution in [3.63, 3.8) is 0 Å². The maximum Gasteiger partial charge on any atom is 0.228 e. The van der Waals surface area contributed by atoms with Crippen molar-refractivity contribution in [1.29, 1.82) is 0 Å². The van der Waals surface area contributed by atoms with Crippen LogP contribution in [0.15, 0.2) is 22.7 Å². The fourth-order valence-corrected chi connectivity index (χ4v) is 3.26. The Labute approximate surface area is 152 Å². The van der Waals surface area contributed by atoms with E-state index in [9.17, 15) is 9.59 Å². The van der Waals surface area contributed by atoms with Crippen LogP contribution in [0.2, 0.25) is 0 Å². The zero-order valence-electron chi connectivity index (χ0n) is 15.2. The van der Waals surface area contributed by atoms with Crippen LogP contribution >= 0.6 is 0 Å². The van der Waals surface area contributed by atoms with Crippen molar-refractivity contribution >= 4 is 17.5 Å². The molecule has 1 unspecified atom stereocenters. The van der Waals surface area contributed by atoms with Crippen molar-refractivity contribution in [3.8, 4) is 5.75 Å². The smallest absolute Gasteiger partial charge is 0.228 e. The second kappa shape index (κ2) is 7.59. The predicted octanol–water partition coefficient (Wildman–Crippen LogP) is 2.47. The summed E-state index contributed by atoms with van der Waals surface area (Å²) in [6, 6.07) is 5.34. The van der Waals surface area contributed by atoms with Crippen molar-refractivity contribution in [3.05, 3.63) is 40.8 Å². The van der Waals surface area contributed by atoms with Gasteiger partial charge < -0.3 is 19.9 Å². The van der Waals surface area contributed by atoms with Gasteiger partial charge >= 0.3 is 0 Å². The number of methoxy groups -OCH3 is 1. The highest BCUT2D eigenvalue weighted by atomic mass is 16.5. The summed E-state index contributed by atoms with van der Waals surface area (Å²) in [5.74, 6) is 0.675. The minimum Gasteiger partial charge on any atom is -0.497 e. The molecule has 7 nitrogen and oxygen atoms in total. The maximum absolute atomic E-state index is 12.6. The third kappa shape index (κ3) is 3.71. The molecule has 0 aliphatic carbocycles. The number of rotatable bonds is 6. The van der Waals surface area contributed by atoms with E-state index in [1.165, 1.54) is 0 Å². The molecule has 0 radical (unpaired) electrons. The van der Waals surface area contributed by atoms with E-state index in [1.807, 2.05) is 19.9 Å². The number of hydrogen-bond donors (Lipinski definition) is 2. The first-order valence-electron chi connectivity index (χ1n) is 8.67. The molecule has 0 saturated carbocycles.